The Hall–Kier alpha value is -0.940. The number of carbonyl (C=O) groups is 1. The monoisotopic (exact) mass is 155 g/mol. The van der Waals surface area contributed by atoms with Crippen molar-refractivity contribution in [1.29, 1.82) is 0 Å². The second-order valence-corrected chi connectivity index (χ2v) is 1.66. The highest BCUT2D eigenvalue weighted by Crippen LogP contribution is 2.17. The number of urea groups is 1. The summed E-state index contributed by atoms with van der Waals surface area (Å²) in [7, 11) is 0.662. The van der Waals surface area contributed by atoms with E-state index in [-0.39, 0.29) is 4.90 Å². The number of nitrogens with one attached hydrogen (secondary N) is 1. The Morgan fingerprint density at radius 3 is 2.20 bits per heavy atom. The Balaban J connectivity index is 4.17. The van der Waals surface area contributed by atoms with Gasteiger partial charge in [0.05, 0.1) is 0 Å². The van der Waals surface area contributed by atoms with E-state index in [2.05, 4.69) is 0 Å². The third-order valence-corrected chi connectivity index (χ3v) is 0.956. The van der Waals surface area contributed by atoms with Crippen molar-refractivity contribution in [3.8, 4) is 0 Å². The van der Waals surface area contributed by atoms with Gasteiger partial charge >= 0.3 is 12.1 Å². The molecule has 10 heavy (non-hydrogen) atoms. The summed E-state index contributed by atoms with van der Waals surface area (Å²) in [4.78, 5) is 9.62. The zero-order chi connectivity index (χ0) is 8.36. The molecule has 0 aromatic heterocycles. The lowest BCUT2D eigenvalue weighted by Crippen LogP contribution is -2.44. The summed E-state index contributed by atoms with van der Waals surface area (Å²) < 4.78 is 35.4. The van der Waals surface area contributed by atoms with Crippen molar-refractivity contribution < 1.29 is 18.0 Å². The highest BCUT2D eigenvalue weighted by Gasteiger charge is 2.37. The molecule has 0 aromatic carbocycles. The lowest BCUT2D eigenvalue weighted by molar-refractivity contribution is -0.121. The van der Waals surface area contributed by atoms with Crippen LogP contribution in [0.4, 0.5) is 18.0 Å². The highest BCUT2D eigenvalue weighted by atomic mass is 19.3. The minimum absolute atomic E-state index is 0.271. The molecule has 2 amide bonds. The largest absolute Gasteiger partial charge is 0.357 e. The van der Waals surface area contributed by atoms with Gasteiger partial charge in [0.15, 0.2) is 6.67 Å². The van der Waals surface area contributed by atoms with Crippen LogP contribution in [0.1, 0.15) is 0 Å². The third-order valence-electron chi connectivity index (χ3n) is 0.956. The zero-order valence-electron chi connectivity index (χ0n) is 5.20. The number of carbonyl (C=O) groups excluding carboxylic acids is 1. The van der Waals surface area contributed by atoms with Gasteiger partial charge in [0, 0.05) is 7.05 Å². The maximum Gasteiger partial charge on any atom is 0.357 e. The summed E-state index contributed by atoms with van der Waals surface area (Å²) in [5.41, 5.74) is 6.18. The molecule has 0 aliphatic carbocycles. The number of hydrogen-bond donors (Lipinski definition) is 0. The van der Waals surface area contributed by atoms with Crippen molar-refractivity contribution in [3.05, 3.63) is 0 Å². The SMILES string of the molecule is CN(C([NH])=O)C(F)(F)CF. The first kappa shape index (κ1) is 9.06. The average molecular weight is 155 g/mol. The predicted octanol–water partition coefficient (Wildman–Crippen LogP) is 0.883. The molecular formula is C4H6F3N2O. The molecule has 0 fully saturated rings. The summed E-state index contributed by atoms with van der Waals surface area (Å²) >= 11 is 0. The lowest BCUT2D eigenvalue weighted by Gasteiger charge is -2.21. The molecule has 0 aliphatic rings. The van der Waals surface area contributed by atoms with Crippen molar-refractivity contribution in [3.63, 3.8) is 0 Å². The van der Waals surface area contributed by atoms with Crippen LogP contribution in [-0.4, -0.2) is 30.7 Å². The number of alkyl halides is 3. The van der Waals surface area contributed by atoms with Crippen LogP contribution in [0.25, 0.3) is 0 Å². The van der Waals surface area contributed by atoms with Crippen molar-refractivity contribution in [2.75, 3.05) is 13.7 Å². The summed E-state index contributed by atoms with van der Waals surface area (Å²) in [6.45, 7) is -1.96. The van der Waals surface area contributed by atoms with Gasteiger partial charge in [0.1, 0.15) is 0 Å². The molecule has 1 radical (unpaired) electrons. The molecule has 6 heteroatoms. The van der Waals surface area contributed by atoms with Crippen molar-refractivity contribution in [2.45, 2.75) is 6.05 Å². The van der Waals surface area contributed by atoms with E-state index in [4.69, 9.17) is 5.73 Å². The summed E-state index contributed by atoms with van der Waals surface area (Å²) in [6.07, 6.45) is 0. The Kier molecular flexibility index (Phi) is 2.50. The van der Waals surface area contributed by atoms with E-state index >= 15 is 0 Å². The van der Waals surface area contributed by atoms with Crippen LogP contribution in [-0.2, 0) is 0 Å². The second-order valence-electron chi connectivity index (χ2n) is 1.66. The topological polar surface area (TPSA) is 44.1 Å². The van der Waals surface area contributed by atoms with E-state index in [1.807, 2.05) is 0 Å². The third kappa shape index (κ3) is 1.78. The molecule has 0 atom stereocenters. The maximum absolute atomic E-state index is 12.0. The number of hydrogen-bond acceptors (Lipinski definition) is 1. The molecule has 0 saturated carbocycles. The van der Waals surface area contributed by atoms with Gasteiger partial charge in [-0.15, -0.1) is 0 Å². The second kappa shape index (κ2) is 2.76. The van der Waals surface area contributed by atoms with Gasteiger partial charge < -0.3 is 0 Å². The van der Waals surface area contributed by atoms with E-state index in [9.17, 15) is 18.0 Å². The Morgan fingerprint density at radius 1 is 1.70 bits per heavy atom. The standard InChI is InChI=1S/C4H6F3N2O/c1-9(3(8)10)4(6,7)2-5/h8H,2H2,1H3. The molecule has 0 rings (SSSR count). The molecule has 0 bridgehead atoms. The maximum atomic E-state index is 12.0. The number of halogens is 3. The molecule has 0 saturated heterocycles. The van der Waals surface area contributed by atoms with Gasteiger partial charge in [0.2, 0.25) is 0 Å². The van der Waals surface area contributed by atoms with Crippen LogP contribution in [0.2, 0.25) is 0 Å². The number of amides is 2. The van der Waals surface area contributed by atoms with E-state index in [1.165, 1.54) is 0 Å². The highest BCUT2D eigenvalue weighted by molar-refractivity contribution is 5.71. The number of nitrogens with zero attached hydrogens (tertiary/aromatic N) is 1. The molecule has 1 N–H and O–H groups in total. The molecule has 0 aromatic rings. The van der Waals surface area contributed by atoms with Gasteiger partial charge in [-0.25, -0.2) is 14.9 Å². The van der Waals surface area contributed by atoms with Gasteiger partial charge in [0.25, 0.3) is 0 Å². The fourth-order valence-electron chi connectivity index (χ4n) is 0.238. The first-order chi connectivity index (χ1) is 4.41. The van der Waals surface area contributed by atoms with Crippen LogP contribution in [0.3, 0.4) is 0 Å². The van der Waals surface area contributed by atoms with Crippen LogP contribution >= 0.6 is 0 Å². The minimum atomic E-state index is -3.85. The molecule has 0 spiro atoms. The zero-order valence-corrected chi connectivity index (χ0v) is 5.20. The summed E-state index contributed by atoms with van der Waals surface area (Å²) in [6, 6.07) is -5.46. The van der Waals surface area contributed by atoms with Gasteiger partial charge in [-0.3, -0.25) is 4.90 Å². The van der Waals surface area contributed by atoms with Gasteiger partial charge in [-0.2, -0.15) is 8.78 Å². The molecule has 59 valence electrons. The van der Waals surface area contributed by atoms with E-state index < -0.39 is 18.8 Å². The summed E-state index contributed by atoms with van der Waals surface area (Å²) in [5.74, 6) is 0. The smallest absolute Gasteiger partial charge is 0.265 e. The lowest BCUT2D eigenvalue weighted by atomic mass is 10.5. The first-order valence-electron chi connectivity index (χ1n) is 2.35. The van der Waals surface area contributed by atoms with Gasteiger partial charge in [-0.1, -0.05) is 0 Å². The normalized spacial score (nSPS) is 11.2. The minimum Gasteiger partial charge on any atom is -0.265 e. The fourth-order valence-corrected chi connectivity index (χ4v) is 0.238. The van der Waals surface area contributed by atoms with Crippen LogP contribution in [0.15, 0.2) is 0 Å². The Morgan fingerprint density at radius 2 is 2.10 bits per heavy atom. The quantitative estimate of drug-likeness (QED) is 0.546. The van der Waals surface area contributed by atoms with Crippen molar-refractivity contribution >= 4 is 6.03 Å². The average Bonchev–Trinajstić information content (AvgIpc) is 1.86. The Bertz CT molecular complexity index is 138. The van der Waals surface area contributed by atoms with Crippen LogP contribution in [0.5, 0.6) is 0 Å². The molecule has 0 unspecified atom stereocenters. The fraction of sp³-hybridized carbons (Fsp3) is 0.750. The van der Waals surface area contributed by atoms with Crippen molar-refractivity contribution in [2.24, 2.45) is 0 Å². The molecule has 0 heterocycles. The van der Waals surface area contributed by atoms with Crippen LogP contribution in [0, 0.1) is 0 Å². The van der Waals surface area contributed by atoms with Crippen LogP contribution < -0.4 is 5.73 Å². The van der Waals surface area contributed by atoms with Gasteiger partial charge in [-0.05, 0) is 0 Å². The van der Waals surface area contributed by atoms with Crippen molar-refractivity contribution in [1.82, 2.24) is 10.6 Å². The Labute approximate surface area is 55.6 Å². The van der Waals surface area contributed by atoms with E-state index in [0.717, 1.165) is 0 Å². The first-order valence-corrected chi connectivity index (χ1v) is 2.35. The van der Waals surface area contributed by atoms with E-state index in [1.54, 1.807) is 0 Å². The number of rotatable bonds is 2. The summed E-state index contributed by atoms with van der Waals surface area (Å²) in [5, 5.41) is 0. The molecule has 3 nitrogen and oxygen atoms in total. The van der Waals surface area contributed by atoms with E-state index in [0.29, 0.717) is 7.05 Å². The molecular weight excluding hydrogens is 149 g/mol. The predicted molar refractivity (Wildman–Crippen MR) is 27.2 cm³/mol. The molecule has 0 aliphatic heterocycles.